The van der Waals surface area contributed by atoms with E-state index < -0.39 is 10.0 Å². The maximum absolute atomic E-state index is 10.6. The fourth-order valence-electron chi connectivity index (χ4n) is 1.03. The molecule has 0 saturated carbocycles. The summed E-state index contributed by atoms with van der Waals surface area (Å²) in [4.78, 5) is 0. The number of primary sulfonamides is 1. The summed E-state index contributed by atoms with van der Waals surface area (Å²) in [6.07, 6.45) is 0.317. The molecule has 0 aliphatic heterocycles. The molecule has 90 valence electrons. The Kier molecular flexibility index (Phi) is 4.86. The van der Waals surface area contributed by atoms with Crippen molar-refractivity contribution in [3.63, 3.8) is 0 Å². The maximum Gasteiger partial charge on any atom is 0.209 e. The van der Waals surface area contributed by atoms with E-state index in [1.54, 1.807) is 18.2 Å². The highest BCUT2D eigenvalue weighted by Gasteiger charge is 2.04. The van der Waals surface area contributed by atoms with Gasteiger partial charge in [0, 0.05) is 5.02 Å². The first-order valence-corrected chi connectivity index (χ1v) is 6.94. The molecule has 1 aromatic carbocycles. The highest BCUT2D eigenvalue weighted by atomic mass is 35.5. The standard InChI is InChI=1S/C9H11Cl2NO3S/c10-7-2-3-9(8(11)6-7)15-4-1-5-16(12,13)14/h2-3,6H,1,4-5H2,(H2,12,13,14). The smallest absolute Gasteiger partial charge is 0.209 e. The molecule has 1 rings (SSSR count). The SMILES string of the molecule is NS(=O)(=O)CCCOc1ccc(Cl)cc1Cl. The summed E-state index contributed by atoms with van der Waals surface area (Å²) in [7, 11) is -3.43. The van der Waals surface area contributed by atoms with Gasteiger partial charge < -0.3 is 4.74 Å². The topological polar surface area (TPSA) is 69.4 Å². The van der Waals surface area contributed by atoms with Crippen LogP contribution in [0.25, 0.3) is 0 Å². The molecule has 0 amide bonds. The number of hydrogen-bond donors (Lipinski definition) is 1. The predicted molar refractivity (Wildman–Crippen MR) is 64.5 cm³/mol. The van der Waals surface area contributed by atoms with Crippen molar-refractivity contribution < 1.29 is 13.2 Å². The Hall–Kier alpha value is -0.490. The third-order valence-corrected chi connectivity index (χ3v) is 3.11. The molecule has 0 atom stereocenters. The van der Waals surface area contributed by atoms with Gasteiger partial charge in [-0.3, -0.25) is 0 Å². The number of ether oxygens (including phenoxy) is 1. The number of benzene rings is 1. The van der Waals surface area contributed by atoms with Gasteiger partial charge >= 0.3 is 0 Å². The van der Waals surface area contributed by atoms with Crippen LogP contribution in [0, 0.1) is 0 Å². The molecule has 0 fully saturated rings. The second kappa shape index (κ2) is 5.72. The maximum atomic E-state index is 10.6. The zero-order chi connectivity index (χ0) is 12.2. The Morgan fingerprint density at radius 2 is 2.00 bits per heavy atom. The highest BCUT2D eigenvalue weighted by molar-refractivity contribution is 7.89. The molecular weight excluding hydrogens is 273 g/mol. The summed E-state index contributed by atoms with van der Waals surface area (Å²) in [6, 6.07) is 4.82. The lowest BCUT2D eigenvalue weighted by atomic mass is 10.3. The number of halogens is 2. The molecular formula is C9H11Cl2NO3S. The van der Waals surface area contributed by atoms with Crippen molar-refractivity contribution in [2.24, 2.45) is 5.14 Å². The number of nitrogens with two attached hydrogens (primary N) is 1. The van der Waals surface area contributed by atoms with Crippen LogP contribution in [0.2, 0.25) is 10.0 Å². The normalized spacial score (nSPS) is 11.4. The van der Waals surface area contributed by atoms with Crippen LogP contribution in [0.3, 0.4) is 0 Å². The fourth-order valence-corrected chi connectivity index (χ4v) is 2.02. The van der Waals surface area contributed by atoms with Crippen molar-refractivity contribution in [1.29, 1.82) is 0 Å². The van der Waals surface area contributed by atoms with Crippen molar-refractivity contribution in [3.8, 4) is 5.75 Å². The van der Waals surface area contributed by atoms with Crippen molar-refractivity contribution in [1.82, 2.24) is 0 Å². The van der Waals surface area contributed by atoms with Crippen LogP contribution in [0.15, 0.2) is 18.2 Å². The van der Waals surface area contributed by atoms with E-state index in [1.165, 1.54) is 0 Å². The average molecular weight is 284 g/mol. The van der Waals surface area contributed by atoms with Gasteiger partial charge in [0.15, 0.2) is 0 Å². The van der Waals surface area contributed by atoms with Gasteiger partial charge in [-0.05, 0) is 24.6 Å². The molecule has 0 bridgehead atoms. The summed E-state index contributed by atoms with van der Waals surface area (Å²) < 4.78 is 26.5. The molecule has 16 heavy (non-hydrogen) atoms. The number of rotatable bonds is 5. The van der Waals surface area contributed by atoms with E-state index in [4.69, 9.17) is 33.1 Å². The molecule has 0 aliphatic carbocycles. The zero-order valence-electron chi connectivity index (χ0n) is 8.32. The second-order valence-corrected chi connectivity index (χ2v) is 5.72. The Morgan fingerprint density at radius 3 is 2.56 bits per heavy atom. The summed E-state index contributed by atoms with van der Waals surface area (Å²) in [5.41, 5.74) is 0. The van der Waals surface area contributed by atoms with Gasteiger partial charge in [-0.25, -0.2) is 13.6 Å². The van der Waals surface area contributed by atoms with E-state index in [0.717, 1.165) is 0 Å². The average Bonchev–Trinajstić information content (AvgIpc) is 2.13. The van der Waals surface area contributed by atoms with E-state index in [2.05, 4.69) is 0 Å². The monoisotopic (exact) mass is 283 g/mol. The van der Waals surface area contributed by atoms with E-state index in [1.807, 2.05) is 0 Å². The van der Waals surface area contributed by atoms with Crippen LogP contribution < -0.4 is 9.88 Å². The van der Waals surface area contributed by atoms with E-state index >= 15 is 0 Å². The molecule has 0 spiro atoms. The van der Waals surface area contributed by atoms with E-state index in [9.17, 15) is 8.42 Å². The van der Waals surface area contributed by atoms with Crippen molar-refractivity contribution in [3.05, 3.63) is 28.2 Å². The number of hydrogen-bond acceptors (Lipinski definition) is 3. The van der Waals surface area contributed by atoms with Crippen LogP contribution >= 0.6 is 23.2 Å². The van der Waals surface area contributed by atoms with Crippen LogP contribution in [0.4, 0.5) is 0 Å². The quantitative estimate of drug-likeness (QED) is 0.841. The lowest BCUT2D eigenvalue weighted by molar-refractivity contribution is 0.318. The van der Waals surface area contributed by atoms with Gasteiger partial charge in [-0.15, -0.1) is 0 Å². The molecule has 0 heterocycles. The number of sulfonamides is 1. The lowest BCUT2D eigenvalue weighted by Crippen LogP contribution is -2.18. The van der Waals surface area contributed by atoms with E-state index in [0.29, 0.717) is 22.2 Å². The largest absolute Gasteiger partial charge is 0.492 e. The van der Waals surface area contributed by atoms with Crippen molar-refractivity contribution >= 4 is 33.2 Å². The fraction of sp³-hybridized carbons (Fsp3) is 0.333. The van der Waals surface area contributed by atoms with Crippen LogP contribution in [0.1, 0.15) is 6.42 Å². The predicted octanol–water partition coefficient (Wildman–Crippen LogP) is 2.05. The first-order chi connectivity index (χ1) is 7.38. The van der Waals surface area contributed by atoms with Crippen molar-refractivity contribution in [2.45, 2.75) is 6.42 Å². The Labute approximate surface area is 104 Å². The first kappa shape index (κ1) is 13.6. The lowest BCUT2D eigenvalue weighted by Gasteiger charge is -2.07. The molecule has 0 radical (unpaired) electrons. The summed E-state index contributed by atoms with van der Waals surface area (Å²) >= 11 is 11.5. The molecule has 0 aliphatic rings. The minimum absolute atomic E-state index is 0.113. The molecule has 1 aromatic rings. The van der Waals surface area contributed by atoms with Gasteiger partial charge in [0.1, 0.15) is 5.75 Å². The Morgan fingerprint density at radius 1 is 1.31 bits per heavy atom. The molecule has 2 N–H and O–H groups in total. The van der Waals surface area contributed by atoms with Crippen LogP contribution in [0.5, 0.6) is 5.75 Å². The minimum atomic E-state index is -3.43. The summed E-state index contributed by atoms with van der Waals surface area (Å²) in [6.45, 7) is 0.234. The summed E-state index contributed by atoms with van der Waals surface area (Å²) in [5, 5.41) is 5.75. The van der Waals surface area contributed by atoms with Gasteiger partial charge in [0.05, 0.1) is 17.4 Å². The Bertz CT molecular complexity index is 462. The minimum Gasteiger partial charge on any atom is -0.492 e. The second-order valence-electron chi connectivity index (χ2n) is 3.14. The van der Waals surface area contributed by atoms with Crippen molar-refractivity contribution in [2.75, 3.05) is 12.4 Å². The summed E-state index contributed by atoms with van der Waals surface area (Å²) in [5.74, 6) is 0.360. The van der Waals surface area contributed by atoms with Gasteiger partial charge in [-0.1, -0.05) is 23.2 Å². The molecule has 7 heteroatoms. The zero-order valence-corrected chi connectivity index (χ0v) is 10.6. The first-order valence-electron chi connectivity index (χ1n) is 4.47. The van der Waals surface area contributed by atoms with Crippen LogP contribution in [-0.4, -0.2) is 20.8 Å². The Balaban J connectivity index is 2.43. The van der Waals surface area contributed by atoms with Gasteiger partial charge in [0.25, 0.3) is 0 Å². The van der Waals surface area contributed by atoms with E-state index in [-0.39, 0.29) is 12.4 Å². The molecule has 0 unspecified atom stereocenters. The van der Waals surface area contributed by atoms with Gasteiger partial charge in [-0.2, -0.15) is 0 Å². The van der Waals surface area contributed by atoms with Gasteiger partial charge in [0.2, 0.25) is 10.0 Å². The van der Waals surface area contributed by atoms with Crippen LogP contribution in [-0.2, 0) is 10.0 Å². The molecule has 4 nitrogen and oxygen atoms in total. The highest BCUT2D eigenvalue weighted by Crippen LogP contribution is 2.27. The molecule has 0 aromatic heterocycles. The third kappa shape index (κ3) is 5.03. The third-order valence-electron chi connectivity index (χ3n) is 1.72. The molecule has 0 saturated heterocycles.